The summed E-state index contributed by atoms with van der Waals surface area (Å²) in [7, 11) is -2.09. The van der Waals surface area contributed by atoms with Crippen LogP contribution in [0.1, 0.15) is 12.8 Å². The van der Waals surface area contributed by atoms with Crippen molar-refractivity contribution in [3.05, 3.63) is 24.3 Å². The van der Waals surface area contributed by atoms with E-state index in [1.165, 1.54) is 16.4 Å². The highest BCUT2D eigenvalue weighted by atomic mass is 32.2. The molecular formula is C12H17NO4S. The molecule has 18 heavy (non-hydrogen) atoms. The fraction of sp³-hybridized carbons (Fsp3) is 0.500. The molecule has 1 aromatic carbocycles. The van der Waals surface area contributed by atoms with Gasteiger partial charge in [-0.1, -0.05) is 12.1 Å². The minimum Gasteiger partial charge on any atom is -0.507 e. The molecule has 1 N–H and O–H groups in total. The fourth-order valence-electron chi connectivity index (χ4n) is 2.08. The smallest absolute Gasteiger partial charge is 0.246 e. The molecule has 1 aromatic rings. The number of hydrogen-bond donors (Lipinski definition) is 1. The maximum Gasteiger partial charge on any atom is 0.246 e. The molecule has 1 heterocycles. The van der Waals surface area contributed by atoms with E-state index in [-0.39, 0.29) is 16.7 Å². The number of sulfonamides is 1. The quantitative estimate of drug-likeness (QED) is 0.896. The van der Waals surface area contributed by atoms with Gasteiger partial charge in [0.05, 0.1) is 0 Å². The first-order valence-corrected chi connectivity index (χ1v) is 7.31. The van der Waals surface area contributed by atoms with Crippen LogP contribution in [0.15, 0.2) is 29.2 Å². The number of aromatic hydroxyl groups is 1. The van der Waals surface area contributed by atoms with Gasteiger partial charge in [-0.15, -0.1) is 0 Å². The molecule has 0 amide bonds. The summed E-state index contributed by atoms with van der Waals surface area (Å²) in [5, 5.41) is 9.66. The van der Waals surface area contributed by atoms with Gasteiger partial charge in [0.15, 0.2) is 0 Å². The summed E-state index contributed by atoms with van der Waals surface area (Å²) in [4.78, 5) is -0.0426. The molecule has 1 aliphatic rings. The normalized spacial score (nSPS) is 18.1. The Hall–Kier alpha value is -1.11. The van der Waals surface area contributed by atoms with Gasteiger partial charge in [0, 0.05) is 26.3 Å². The maximum atomic E-state index is 12.4. The first-order valence-electron chi connectivity index (χ1n) is 5.87. The third-order valence-electron chi connectivity index (χ3n) is 3.23. The van der Waals surface area contributed by atoms with Gasteiger partial charge >= 0.3 is 0 Å². The molecule has 0 spiro atoms. The minimum atomic E-state index is -3.64. The lowest BCUT2D eigenvalue weighted by molar-refractivity contribution is 0.0632. The lowest BCUT2D eigenvalue weighted by Gasteiger charge is -2.30. The Labute approximate surface area is 107 Å². The molecule has 0 unspecified atom stereocenters. The zero-order chi connectivity index (χ0) is 13.2. The average Bonchev–Trinajstić information content (AvgIpc) is 2.39. The van der Waals surface area contributed by atoms with E-state index < -0.39 is 10.0 Å². The van der Waals surface area contributed by atoms with E-state index in [1.54, 1.807) is 19.2 Å². The third-order valence-corrected chi connectivity index (χ3v) is 5.18. The summed E-state index contributed by atoms with van der Waals surface area (Å²) in [6.07, 6.45) is 1.37. The van der Waals surface area contributed by atoms with Crippen LogP contribution < -0.4 is 0 Å². The Bertz CT molecular complexity index is 509. The molecule has 100 valence electrons. The Morgan fingerprint density at radius 3 is 2.50 bits per heavy atom. The van der Waals surface area contributed by atoms with Crippen molar-refractivity contribution < 1.29 is 18.3 Å². The highest BCUT2D eigenvalue weighted by molar-refractivity contribution is 7.89. The highest BCUT2D eigenvalue weighted by Crippen LogP contribution is 2.27. The van der Waals surface area contributed by atoms with Gasteiger partial charge in [-0.3, -0.25) is 0 Å². The number of para-hydroxylation sites is 1. The standard InChI is InChI=1S/C12H17NO4S/c1-13(10-6-8-17-9-7-10)18(15,16)12-5-3-2-4-11(12)14/h2-5,10,14H,6-9H2,1H3. The molecule has 1 fully saturated rings. The Balaban J connectivity index is 2.28. The summed E-state index contributed by atoms with van der Waals surface area (Å²) >= 11 is 0. The number of rotatable bonds is 3. The van der Waals surface area contributed by atoms with Crippen molar-refractivity contribution in [3.8, 4) is 5.75 Å². The monoisotopic (exact) mass is 271 g/mol. The van der Waals surface area contributed by atoms with E-state index in [4.69, 9.17) is 4.74 Å². The van der Waals surface area contributed by atoms with Crippen molar-refractivity contribution in [2.75, 3.05) is 20.3 Å². The first kappa shape index (κ1) is 13.3. The number of phenolic OH excluding ortho intramolecular Hbond substituents is 1. The summed E-state index contributed by atoms with van der Waals surface area (Å²) in [5.74, 6) is -0.212. The number of ether oxygens (including phenoxy) is 1. The molecule has 0 saturated carbocycles. The second-order valence-corrected chi connectivity index (χ2v) is 6.30. The number of hydrogen-bond acceptors (Lipinski definition) is 4. The van der Waals surface area contributed by atoms with Crippen LogP contribution in [0.25, 0.3) is 0 Å². The topological polar surface area (TPSA) is 66.8 Å². The van der Waals surface area contributed by atoms with Gasteiger partial charge in [-0.25, -0.2) is 8.42 Å². The second kappa shape index (κ2) is 5.26. The predicted octanol–water partition coefficient (Wildman–Crippen LogP) is 1.19. The lowest BCUT2D eigenvalue weighted by atomic mass is 10.1. The molecule has 0 atom stereocenters. The van der Waals surface area contributed by atoms with Crippen LogP contribution in [0.3, 0.4) is 0 Å². The van der Waals surface area contributed by atoms with Crippen molar-refractivity contribution in [2.24, 2.45) is 0 Å². The molecule has 6 heteroatoms. The largest absolute Gasteiger partial charge is 0.507 e. The van der Waals surface area contributed by atoms with E-state index in [9.17, 15) is 13.5 Å². The summed E-state index contributed by atoms with van der Waals surface area (Å²) in [6, 6.07) is 5.93. The fourth-order valence-corrected chi connectivity index (χ4v) is 3.57. The van der Waals surface area contributed by atoms with Crippen molar-refractivity contribution in [3.63, 3.8) is 0 Å². The van der Waals surface area contributed by atoms with Crippen LogP contribution in [0.5, 0.6) is 5.75 Å². The van der Waals surface area contributed by atoms with Crippen LogP contribution in [-0.4, -0.2) is 44.1 Å². The molecule has 0 aliphatic carbocycles. The van der Waals surface area contributed by atoms with E-state index in [1.807, 2.05) is 0 Å². The molecule has 5 nitrogen and oxygen atoms in total. The third kappa shape index (κ3) is 2.50. The Morgan fingerprint density at radius 2 is 1.89 bits per heavy atom. The van der Waals surface area contributed by atoms with E-state index >= 15 is 0 Å². The van der Waals surface area contributed by atoms with Crippen LogP contribution in [-0.2, 0) is 14.8 Å². The first-order chi connectivity index (χ1) is 8.53. The van der Waals surface area contributed by atoms with Crippen molar-refractivity contribution >= 4 is 10.0 Å². The van der Waals surface area contributed by atoms with Crippen LogP contribution >= 0.6 is 0 Å². The summed E-state index contributed by atoms with van der Waals surface area (Å²) in [5.41, 5.74) is 0. The van der Waals surface area contributed by atoms with Crippen molar-refractivity contribution in [2.45, 2.75) is 23.8 Å². The molecule has 2 rings (SSSR count). The van der Waals surface area contributed by atoms with E-state index in [2.05, 4.69) is 0 Å². The van der Waals surface area contributed by atoms with Crippen LogP contribution in [0.2, 0.25) is 0 Å². The zero-order valence-electron chi connectivity index (χ0n) is 10.2. The Kier molecular flexibility index (Phi) is 3.89. The van der Waals surface area contributed by atoms with Gasteiger partial charge < -0.3 is 9.84 Å². The molecule has 1 saturated heterocycles. The lowest BCUT2D eigenvalue weighted by Crippen LogP contribution is -2.40. The second-order valence-electron chi connectivity index (χ2n) is 4.33. The maximum absolute atomic E-state index is 12.4. The predicted molar refractivity (Wildman–Crippen MR) is 66.9 cm³/mol. The molecule has 1 aliphatic heterocycles. The zero-order valence-corrected chi connectivity index (χ0v) is 11.1. The van der Waals surface area contributed by atoms with Gasteiger partial charge in [0.1, 0.15) is 10.6 Å². The molecule has 0 radical (unpaired) electrons. The minimum absolute atomic E-state index is 0.0426. The van der Waals surface area contributed by atoms with Gasteiger partial charge in [-0.2, -0.15) is 4.31 Å². The number of phenols is 1. The SMILES string of the molecule is CN(C1CCOCC1)S(=O)(=O)c1ccccc1O. The highest BCUT2D eigenvalue weighted by Gasteiger charge is 2.30. The van der Waals surface area contributed by atoms with E-state index in [0.29, 0.717) is 26.1 Å². The number of benzene rings is 1. The summed E-state index contributed by atoms with van der Waals surface area (Å²) in [6.45, 7) is 1.15. The van der Waals surface area contributed by atoms with Crippen molar-refractivity contribution in [1.82, 2.24) is 4.31 Å². The molecule has 0 bridgehead atoms. The van der Waals surface area contributed by atoms with Gasteiger partial charge in [0.25, 0.3) is 0 Å². The van der Waals surface area contributed by atoms with Gasteiger partial charge in [-0.05, 0) is 25.0 Å². The van der Waals surface area contributed by atoms with Gasteiger partial charge in [0.2, 0.25) is 10.0 Å². The number of nitrogens with zero attached hydrogens (tertiary/aromatic N) is 1. The van der Waals surface area contributed by atoms with Crippen molar-refractivity contribution in [1.29, 1.82) is 0 Å². The molecular weight excluding hydrogens is 254 g/mol. The average molecular weight is 271 g/mol. The van der Waals surface area contributed by atoms with Crippen LogP contribution in [0.4, 0.5) is 0 Å². The Morgan fingerprint density at radius 1 is 1.28 bits per heavy atom. The summed E-state index contributed by atoms with van der Waals surface area (Å²) < 4.78 is 31.3. The molecule has 0 aromatic heterocycles. The van der Waals surface area contributed by atoms with Crippen LogP contribution in [0, 0.1) is 0 Å². The van der Waals surface area contributed by atoms with E-state index in [0.717, 1.165) is 0 Å².